The number of ether oxygens (including phenoxy) is 3. The van der Waals surface area contributed by atoms with Crippen molar-refractivity contribution >= 4 is 0 Å². The summed E-state index contributed by atoms with van der Waals surface area (Å²) >= 11 is 0. The fraction of sp³-hybridized carbons (Fsp3) is 0.684. The highest BCUT2D eigenvalue weighted by molar-refractivity contribution is 5.43. The van der Waals surface area contributed by atoms with E-state index in [9.17, 15) is 0 Å². The predicted molar refractivity (Wildman–Crippen MR) is 92.1 cm³/mol. The molecule has 0 saturated carbocycles. The van der Waals surface area contributed by atoms with Gasteiger partial charge in [-0.05, 0) is 36.1 Å². The van der Waals surface area contributed by atoms with Gasteiger partial charge in [0, 0.05) is 12.2 Å². The summed E-state index contributed by atoms with van der Waals surface area (Å²) in [4.78, 5) is 10.2. The maximum absolute atomic E-state index is 5.76. The fourth-order valence-electron chi connectivity index (χ4n) is 2.57. The fourth-order valence-corrected chi connectivity index (χ4v) is 2.57. The summed E-state index contributed by atoms with van der Waals surface area (Å²) in [5.74, 6) is 0.841. The van der Waals surface area contributed by atoms with E-state index < -0.39 is 0 Å². The zero-order valence-corrected chi connectivity index (χ0v) is 15.0. The van der Waals surface area contributed by atoms with Gasteiger partial charge in [0.25, 0.3) is 0 Å². The largest absolute Gasteiger partial charge is 0.379 e. The van der Waals surface area contributed by atoms with Gasteiger partial charge in [0.15, 0.2) is 5.75 Å². The van der Waals surface area contributed by atoms with Crippen molar-refractivity contribution in [3.63, 3.8) is 0 Å². The first kappa shape index (κ1) is 19.2. The van der Waals surface area contributed by atoms with Gasteiger partial charge in [-0.25, -0.2) is 0 Å². The molecule has 1 aromatic rings. The second-order valence-corrected chi connectivity index (χ2v) is 5.96. The first-order valence-electron chi connectivity index (χ1n) is 9.02. The van der Waals surface area contributed by atoms with E-state index >= 15 is 0 Å². The first-order chi connectivity index (χ1) is 11.8. The molecule has 24 heavy (non-hydrogen) atoms. The highest BCUT2D eigenvalue weighted by Crippen LogP contribution is 2.30. The van der Waals surface area contributed by atoms with Crippen LogP contribution in [0, 0.1) is 0 Å². The maximum Gasteiger partial charge on any atom is 0.171 e. The standard InChI is InChI=1S/C19H30O5/c1-3-5-7-20-8-9-21-10-11-22-14-17-12-18-15-23-24-19(18)13-16(17)6-4-2/h12-13H,3-11,14-15H2,1-2H3. The van der Waals surface area contributed by atoms with Gasteiger partial charge in [0.05, 0.1) is 33.0 Å². The topological polar surface area (TPSA) is 46.2 Å². The normalized spacial score (nSPS) is 13.1. The Morgan fingerprint density at radius 1 is 0.875 bits per heavy atom. The Bertz CT molecular complexity index is 475. The van der Waals surface area contributed by atoms with E-state index in [4.69, 9.17) is 24.0 Å². The second kappa shape index (κ2) is 11.4. The number of fused-ring (bicyclic) bond motifs is 1. The zero-order chi connectivity index (χ0) is 17.0. The second-order valence-electron chi connectivity index (χ2n) is 5.96. The van der Waals surface area contributed by atoms with Crippen LogP contribution in [0.5, 0.6) is 5.75 Å². The molecule has 0 spiro atoms. The first-order valence-corrected chi connectivity index (χ1v) is 9.02. The van der Waals surface area contributed by atoms with Crippen molar-refractivity contribution in [3.05, 3.63) is 28.8 Å². The molecular formula is C19H30O5. The molecule has 0 radical (unpaired) electrons. The van der Waals surface area contributed by atoms with Crippen LogP contribution in [0.2, 0.25) is 0 Å². The summed E-state index contributed by atoms with van der Waals surface area (Å²) in [5.41, 5.74) is 3.58. The van der Waals surface area contributed by atoms with E-state index in [1.54, 1.807) is 0 Å². The summed E-state index contributed by atoms with van der Waals surface area (Å²) in [7, 11) is 0. The Kier molecular flexibility index (Phi) is 9.13. The number of hydrogen-bond donors (Lipinski definition) is 0. The summed E-state index contributed by atoms with van der Waals surface area (Å²) in [6, 6.07) is 4.21. The van der Waals surface area contributed by atoms with Crippen LogP contribution in [0.3, 0.4) is 0 Å². The molecular weight excluding hydrogens is 308 g/mol. The molecule has 1 aromatic carbocycles. The summed E-state index contributed by atoms with van der Waals surface area (Å²) in [6.07, 6.45) is 4.38. The van der Waals surface area contributed by atoms with Gasteiger partial charge < -0.3 is 19.1 Å². The van der Waals surface area contributed by atoms with Crippen molar-refractivity contribution in [2.75, 3.05) is 33.0 Å². The van der Waals surface area contributed by atoms with Gasteiger partial charge in [-0.15, -0.1) is 0 Å². The lowest BCUT2D eigenvalue weighted by atomic mass is 10.0. The molecule has 1 aliphatic heterocycles. The molecule has 136 valence electrons. The molecule has 0 amide bonds. The van der Waals surface area contributed by atoms with Gasteiger partial charge in [0.2, 0.25) is 0 Å². The highest BCUT2D eigenvalue weighted by atomic mass is 17.2. The zero-order valence-electron chi connectivity index (χ0n) is 15.0. The minimum Gasteiger partial charge on any atom is -0.379 e. The summed E-state index contributed by atoms with van der Waals surface area (Å²) in [6.45, 7) is 8.72. The lowest BCUT2D eigenvalue weighted by molar-refractivity contribution is -0.194. The van der Waals surface area contributed by atoms with E-state index in [0.29, 0.717) is 39.6 Å². The van der Waals surface area contributed by atoms with Crippen LogP contribution < -0.4 is 4.89 Å². The number of unbranched alkanes of at least 4 members (excludes halogenated alkanes) is 1. The maximum atomic E-state index is 5.76. The third-order valence-electron chi connectivity index (χ3n) is 3.91. The van der Waals surface area contributed by atoms with Crippen molar-refractivity contribution in [2.24, 2.45) is 0 Å². The number of aryl methyl sites for hydroxylation is 1. The van der Waals surface area contributed by atoms with Crippen molar-refractivity contribution in [2.45, 2.75) is 52.7 Å². The van der Waals surface area contributed by atoms with Crippen molar-refractivity contribution in [3.8, 4) is 5.75 Å². The van der Waals surface area contributed by atoms with Gasteiger partial charge in [-0.1, -0.05) is 26.7 Å². The Morgan fingerprint density at radius 3 is 2.38 bits per heavy atom. The van der Waals surface area contributed by atoms with Crippen LogP contribution >= 0.6 is 0 Å². The van der Waals surface area contributed by atoms with E-state index in [-0.39, 0.29) is 0 Å². The monoisotopic (exact) mass is 338 g/mol. The predicted octanol–water partition coefficient (Wildman–Crippen LogP) is 3.81. The van der Waals surface area contributed by atoms with Crippen molar-refractivity contribution in [1.29, 1.82) is 0 Å². The average Bonchev–Trinajstić information content (AvgIpc) is 3.04. The Balaban J connectivity index is 1.63. The highest BCUT2D eigenvalue weighted by Gasteiger charge is 2.17. The molecule has 0 unspecified atom stereocenters. The van der Waals surface area contributed by atoms with E-state index in [2.05, 4.69) is 26.0 Å². The number of hydrogen-bond acceptors (Lipinski definition) is 5. The molecule has 0 fully saturated rings. The van der Waals surface area contributed by atoms with Gasteiger partial charge >= 0.3 is 0 Å². The van der Waals surface area contributed by atoms with Crippen molar-refractivity contribution < 1.29 is 24.0 Å². The third kappa shape index (κ3) is 6.40. The molecule has 5 nitrogen and oxygen atoms in total. The Labute approximate surface area is 145 Å². The minimum absolute atomic E-state index is 0.510. The van der Waals surface area contributed by atoms with Crippen LogP contribution in [-0.2, 0) is 38.7 Å². The SMILES string of the molecule is CCCCOCCOCCOCc1cc2c(cc1CCC)OOC2. The number of rotatable bonds is 13. The smallest absolute Gasteiger partial charge is 0.171 e. The lowest BCUT2D eigenvalue weighted by Gasteiger charge is -2.11. The van der Waals surface area contributed by atoms with Gasteiger partial charge in [-0.2, -0.15) is 4.89 Å². The van der Waals surface area contributed by atoms with Crippen LogP contribution in [0.1, 0.15) is 49.8 Å². The molecule has 0 aliphatic carbocycles. The molecule has 1 heterocycles. The number of benzene rings is 1. The van der Waals surface area contributed by atoms with Crippen LogP contribution in [0.15, 0.2) is 12.1 Å². The van der Waals surface area contributed by atoms with Crippen LogP contribution in [0.4, 0.5) is 0 Å². The van der Waals surface area contributed by atoms with E-state index in [1.165, 1.54) is 11.1 Å². The summed E-state index contributed by atoms with van der Waals surface area (Å²) in [5, 5.41) is 0. The minimum atomic E-state index is 0.510. The molecule has 5 heteroatoms. The molecule has 0 saturated heterocycles. The molecule has 0 bridgehead atoms. The van der Waals surface area contributed by atoms with Crippen LogP contribution in [-0.4, -0.2) is 33.0 Å². The molecule has 2 rings (SSSR count). The molecule has 0 aromatic heterocycles. The van der Waals surface area contributed by atoms with Crippen molar-refractivity contribution in [1.82, 2.24) is 0 Å². The molecule has 0 N–H and O–H groups in total. The van der Waals surface area contributed by atoms with E-state index in [1.807, 2.05) is 0 Å². The van der Waals surface area contributed by atoms with Gasteiger partial charge in [-0.3, -0.25) is 0 Å². The van der Waals surface area contributed by atoms with E-state index in [0.717, 1.165) is 43.6 Å². The lowest BCUT2D eigenvalue weighted by Crippen LogP contribution is -2.10. The van der Waals surface area contributed by atoms with Crippen LogP contribution in [0.25, 0.3) is 0 Å². The average molecular weight is 338 g/mol. The summed E-state index contributed by atoms with van der Waals surface area (Å²) < 4.78 is 16.7. The third-order valence-corrected chi connectivity index (χ3v) is 3.91. The molecule has 1 aliphatic rings. The Hall–Kier alpha value is -1.14. The van der Waals surface area contributed by atoms with Gasteiger partial charge in [0.1, 0.15) is 6.61 Å². The Morgan fingerprint density at radius 2 is 1.62 bits per heavy atom. The quantitative estimate of drug-likeness (QED) is 0.404. The molecule has 0 atom stereocenters.